The van der Waals surface area contributed by atoms with Crippen LogP contribution in [0.5, 0.6) is 0 Å². The van der Waals surface area contributed by atoms with E-state index in [0.717, 1.165) is 17.9 Å². The molecule has 0 spiro atoms. The number of hydrogen-bond donors (Lipinski definition) is 1. The Labute approximate surface area is 103 Å². The molecule has 3 heteroatoms. The van der Waals surface area contributed by atoms with E-state index in [1.54, 1.807) is 0 Å². The predicted molar refractivity (Wildman–Crippen MR) is 70.1 cm³/mol. The normalized spacial score (nSPS) is 16.9. The second-order valence-corrected chi connectivity index (χ2v) is 4.87. The summed E-state index contributed by atoms with van der Waals surface area (Å²) in [4.78, 5) is 6.86. The van der Waals surface area contributed by atoms with Crippen LogP contribution in [-0.4, -0.2) is 22.7 Å². The molecule has 1 saturated carbocycles. The van der Waals surface area contributed by atoms with Crippen molar-refractivity contribution < 1.29 is 5.11 Å². The second kappa shape index (κ2) is 5.50. The fourth-order valence-electron chi connectivity index (χ4n) is 2.15. The quantitative estimate of drug-likeness (QED) is 0.822. The molecular formula is C14H22N2O. The molecule has 0 amide bonds. The molecule has 1 fully saturated rings. The molecule has 17 heavy (non-hydrogen) atoms. The Morgan fingerprint density at radius 3 is 2.88 bits per heavy atom. The Bertz CT molecular complexity index is 361. The van der Waals surface area contributed by atoms with Gasteiger partial charge in [0.25, 0.3) is 0 Å². The maximum atomic E-state index is 9.81. The first-order valence-electron chi connectivity index (χ1n) is 6.63. The zero-order valence-corrected chi connectivity index (χ0v) is 10.8. The van der Waals surface area contributed by atoms with Crippen LogP contribution in [0.15, 0.2) is 18.3 Å². The summed E-state index contributed by atoms with van der Waals surface area (Å²) >= 11 is 0. The van der Waals surface area contributed by atoms with E-state index >= 15 is 0 Å². The highest BCUT2D eigenvalue weighted by Gasteiger charge is 2.31. The van der Waals surface area contributed by atoms with E-state index in [9.17, 15) is 5.11 Å². The Balaban J connectivity index is 2.22. The fraction of sp³-hybridized carbons (Fsp3) is 0.643. The fourth-order valence-corrected chi connectivity index (χ4v) is 2.15. The molecule has 2 rings (SSSR count). The number of rotatable bonds is 6. The van der Waals surface area contributed by atoms with Gasteiger partial charge in [0, 0.05) is 24.3 Å². The number of pyridine rings is 1. The van der Waals surface area contributed by atoms with Gasteiger partial charge in [0.05, 0.1) is 6.10 Å². The Morgan fingerprint density at radius 2 is 2.29 bits per heavy atom. The van der Waals surface area contributed by atoms with Crippen molar-refractivity contribution in [1.29, 1.82) is 0 Å². The molecule has 0 unspecified atom stereocenters. The van der Waals surface area contributed by atoms with Gasteiger partial charge in [-0.2, -0.15) is 0 Å². The Hall–Kier alpha value is -1.09. The van der Waals surface area contributed by atoms with Gasteiger partial charge in [0.1, 0.15) is 5.82 Å². The third kappa shape index (κ3) is 2.97. The third-order valence-electron chi connectivity index (χ3n) is 3.28. The lowest BCUT2D eigenvalue weighted by molar-refractivity contribution is 0.199. The summed E-state index contributed by atoms with van der Waals surface area (Å²) in [6.07, 6.45) is 6.29. The van der Waals surface area contributed by atoms with Crippen molar-refractivity contribution in [2.24, 2.45) is 0 Å². The number of aliphatic hydroxyl groups excluding tert-OH is 1. The zero-order chi connectivity index (χ0) is 12.3. The average molecular weight is 234 g/mol. The van der Waals surface area contributed by atoms with Crippen LogP contribution in [-0.2, 0) is 0 Å². The van der Waals surface area contributed by atoms with Crippen LogP contribution in [0.2, 0.25) is 0 Å². The third-order valence-corrected chi connectivity index (χ3v) is 3.28. The number of unbranched alkanes of at least 4 members (excludes halogenated alkanes) is 1. The highest BCUT2D eigenvalue weighted by Crippen LogP contribution is 2.34. The van der Waals surface area contributed by atoms with E-state index in [4.69, 9.17) is 0 Å². The van der Waals surface area contributed by atoms with Crippen molar-refractivity contribution in [2.45, 2.75) is 51.7 Å². The average Bonchev–Trinajstić information content (AvgIpc) is 3.14. The number of hydrogen-bond acceptors (Lipinski definition) is 3. The maximum absolute atomic E-state index is 9.81. The number of anilines is 1. The summed E-state index contributed by atoms with van der Waals surface area (Å²) in [5, 5.41) is 9.81. The molecule has 3 nitrogen and oxygen atoms in total. The molecule has 0 radical (unpaired) electrons. The topological polar surface area (TPSA) is 36.4 Å². The Morgan fingerprint density at radius 1 is 1.53 bits per heavy atom. The predicted octanol–water partition coefficient (Wildman–Crippen LogP) is 2.90. The summed E-state index contributed by atoms with van der Waals surface area (Å²) in [5.41, 5.74) is 0.954. The van der Waals surface area contributed by atoms with Crippen molar-refractivity contribution in [3.63, 3.8) is 0 Å². The molecule has 1 aliphatic carbocycles. The molecule has 0 aliphatic heterocycles. The Kier molecular flexibility index (Phi) is 4.00. The molecule has 1 aromatic heterocycles. The molecule has 1 aromatic rings. The molecule has 0 saturated heterocycles. The lowest BCUT2D eigenvalue weighted by atomic mass is 10.1. The monoisotopic (exact) mass is 234 g/mol. The largest absolute Gasteiger partial charge is 0.389 e. The van der Waals surface area contributed by atoms with Gasteiger partial charge < -0.3 is 10.0 Å². The van der Waals surface area contributed by atoms with Gasteiger partial charge in [-0.3, -0.25) is 0 Å². The summed E-state index contributed by atoms with van der Waals surface area (Å²) in [6.45, 7) is 5.07. The second-order valence-electron chi connectivity index (χ2n) is 4.87. The number of nitrogens with zero attached hydrogens (tertiary/aromatic N) is 2. The molecule has 1 aliphatic rings. The molecule has 1 N–H and O–H groups in total. The van der Waals surface area contributed by atoms with Gasteiger partial charge in [0.2, 0.25) is 0 Å². The molecule has 0 bridgehead atoms. The van der Waals surface area contributed by atoms with Gasteiger partial charge in [0.15, 0.2) is 0 Å². The minimum atomic E-state index is -0.443. The maximum Gasteiger partial charge on any atom is 0.134 e. The molecule has 0 aromatic carbocycles. The molecule has 94 valence electrons. The van der Waals surface area contributed by atoms with Crippen LogP contribution < -0.4 is 4.90 Å². The van der Waals surface area contributed by atoms with Crippen LogP contribution >= 0.6 is 0 Å². The summed E-state index contributed by atoms with van der Waals surface area (Å²) < 4.78 is 0. The minimum absolute atomic E-state index is 0.443. The van der Waals surface area contributed by atoms with E-state index in [0.29, 0.717) is 6.04 Å². The highest BCUT2D eigenvalue weighted by atomic mass is 16.3. The minimum Gasteiger partial charge on any atom is -0.389 e. The summed E-state index contributed by atoms with van der Waals surface area (Å²) in [6, 6.07) is 4.53. The molecule has 1 heterocycles. The van der Waals surface area contributed by atoms with Crippen molar-refractivity contribution in [1.82, 2.24) is 4.98 Å². The standard InChI is InChI=1S/C14H22N2O/c1-3-4-10-16(12-7-8-12)14-13(11(2)17)6-5-9-15-14/h5-6,9,11-12,17H,3-4,7-8,10H2,1-2H3/t11-/m0/s1. The SMILES string of the molecule is CCCCN(c1ncccc1[C@H](C)O)C1CC1. The molecule has 1 atom stereocenters. The van der Waals surface area contributed by atoms with E-state index in [1.165, 1.54) is 25.7 Å². The van der Waals surface area contributed by atoms with E-state index < -0.39 is 6.10 Å². The van der Waals surface area contributed by atoms with Gasteiger partial charge in [-0.15, -0.1) is 0 Å². The number of aliphatic hydroxyl groups is 1. The van der Waals surface area contributed by atoms with Crippen LogP contribution in [0, 0.1) is 0 Å². The zero-order valence-electron chi connectivity index (χ0n) is 10.8. The summed E-state index contributed by atoms with van der Waals surface area (Å²) in [5.74, 6) is 0.985. The van der Waals surface area contributed by atoms with Crippen molar-refractivity contribution in [3.8, 4) is 0 Å². The van der Waals surface area contributed by atoms with Crippen molar-refractivity contribution in [3.05, 3.63) is 23.9 Å². The number of aromatic nitrogens is 1. The van der Waals surface area contributed by atoms with E-state index in [1.807, 2.05) is 25.3 Å². The van der Waals surface area contributed by atoms with Crippen LogP contribution in [0.4, 0.5) is 5.82 Å². The van der Waals surface area contributed by atoms with Gasteiger partial charge in [-0.25, -0.2) is 4.98 Å². The highest BCUT2D eigenvalue weighted by molar-refractivity contribution is 5.49. The lowest BCUT2D eigenvalue weighted by Crippen LogP contribution is -2.29. The van der Waals surface area contributed by atoms with Gasteiger partial charge in [-0.05, 0) is 32.3 Å². The van der Waals surface area contributed by atoms with E-state index in [-0.39, 0.29) is 0 Å². The molecular weight excluding hydrogens is 212 g/mol. The van der Waals surface area contributed by atoms with Gasteiger partial charge >= 0.3 is 0 Å². The van der Waals surface area contributed by atoms with Crippen LogP contribution in [0.25, 0.3) is 0 Å². The van der Waals surface area contributed by atoms with Crippen molar-refractivity contribution >= 4 is 5.82 Å². The van der Waals surface area contributed by atoms with E-state index in [2.05, 4.69) is 16.8 Å². The lowest BCUT2D eigenvalue weighted by Gasteiger charge is -2.26. The first-order chi connectivity index (χ1) is 8.24. The smallest absolute Gasteiger partial charge is 0.134 e. The summed E-state index contributed by atoms with van der Waals surface area (Å²) in [7, 11) is 0. The van der Waals surface area contributed by atoms with Crippen molar-refractivity contribution in [2.75, 3.05) is 11.4 Å². The first-order valence-corrected chi connectivity index (χ1v) is 6.63. The van der Waals surface area contributed by atoms with Gasteiger partial charge in [-0.1, -0.05) is 19.4 Å². The van der Waals surface area contributed by atoms with Crippen LogP contribution in [0.1, 0.15) is 51.2 Å². The first kappa shape index (κ1) is 12.4. The van der Waals surface area contributed by atoms with Crippen LogP contribution in [0.3, 0.4) is 0 Å².